The van der Waals surface area contributed by atoms with Gasteiger partial charge in [0.1, 0.15) is 0 Å². The standard InChI is InChI=1S/C14H18ClNO2/c15-13-3-1-12(2-4-13)14(18)9-16-7-5-11(10-17)6-8-16/h1-4,11,17H,5-10H2. The summed E-state index contributed by atoms with van der Waals surface area (Å²) in [7, 11) is 0. The first kappa shape index (κ1) is 13.5. The number of ketones is 1. The molecule has 0 unspecified atom stereocenters. The minimum Gasteiger partial charge on any atom is -0.396 e. The number of nitrogens with zero attached hydrogens (tertiary/aromatic N) is 1. The lowest BCUT2D eigenvalue weighted by molar-refractivity contribution is 0.0864. The van der Waals surface area contributed by atoms with E-state index in [9.17, 15) is 4.79 Å². The van der Waals surface area contributed by atoms with Crippen LogP contribution in [-0.2, 0) is 0 Å². The summed E-state index contributed by atoms with van der Waals surface area (Å²) in [6, 6.07) is 7.02. The van der Waals surface area contributed by atoms with Gasteiger partial charge in [0.25, 0.3) is 0 Å². The van der Waals surface area contributed by atoms with Crippen LogP contribution in [-0.4, -0.2) is 42.0 Å². The highest BCUT2D eigenvalue weighted by Crippen LogP contribution is 2.17. The molecule has 4 heteroatoms. The molecule has 0 atom stereocenters. The zero-order valence-corrected chi connectivity index (χ0v) is 11.1. The predicted octanol–water partition coefficient (Wildman–Crippen LogP) is 2.23. The van der Waals surface area contributed by atoms with E-state index in [2.05, 4.69) is 4.90 Å². The maximum atomic E-state index is 12.0. The Morgan fingerprint density at radius 2 is 1.89 bits per heavy atom. The molecule has 1 saturated heterocycles. The first-order valence-corrected chi connectivity index (χ1v) is 6.69. The van der Waals surface area contributed by atoms with Gasteiger partial charge in [-0.25, -0.2) is 0 Å². The molecule has 0 aromatic heterocycles. The second-order valence-corrected chi connectivity index (χ2v) is 5.27. The average molecular weight is 268 g/mol. The maximum Gasteiger partial charge on any atom is 0.176 e. The number of carbonyl (C=O) groups is 1. The highest BCUT2D eigenvalue weighted by molar-refractivity contribution is 6.30. The normalized spacial score (nSPS) is 17.9. The molecule has 1 aliphatic rings. The quantitative estimate of drug-likeness (QED) is 0.851. The van der Waals surface area contributed by atoms with Crippen molar-refractivity contribution in [3.8, 4) is 0 Å². The third-order valence-corrected chi connectivity index (χ3v) is 3.75. The molecule has 98 valence electrons. The van der Waals surface area contributed by atoms with Gasteiger partial charge in [-0.2, -0.15) is 0 Å². The number of aliphatic hydroxyl groups excluding tert-OH is 1. The first-order valence-electron chi connectivity index (χ1n) is 6.31. The van der Waals surface area contributed by atoms with Gasteiger partial charge in [0.15, 0.2) is 5.78 Å². The minimum absolute atomic E-state index is 0.133. The predicted molar refractivity (Wildman–Crippen MR) is 72.0 cm³/mol. The second kappa shape index (κ2) is 6.32. The summed E-state index contributed by atoms with van der Waals surface area (Å²) in [5.74, 6) is 0.543. The average Bonchev–Trinajstić information content (AvgIpc) is 2.40. The molecule has 18 heavy (non-hydrogen) atoms. The Balaban J connectivity index is 1.86. The molecule has 0 saturated carbocycles. The number of benzene rings is 1. The summed E-state index contributed by atoms with van der Waals surface area (Å²) in [6.45, 7) is 2.51. The van der Waals surface area contributed by atoms with E-state index in [1.165, 1.54) is 0 Å². The van der Waals surface area contributed by atoms with Crippen LogP contribution in [0.2, 0.25) is 5.02 Å². The molecular weight excluding hydrogens is 250 g/mol. The van der Waals surface area contributed by atoms with Crippen molar-refractivity contribution in [1.29, 1.82) is 0 Å². The smallest absolute Gasteiger partial charge is 0.176 e. The molecule has 1 aromatic carbocycles. The van der Waals surface area contributed by atoms with Crippen LogP contribution in [0.4, 0.5) is 0 Å². The van der Waals surface area contributed by atoms with E-state index in [0.717, 1.165) is 25.9 Å². The third-order valence-electron chi connectivity index (χ3n) is 3.50. The minimum atomic E-state index is 0.133. The van der Waals surface area contributed by atoms with Gasteiger partial charge < -0.3 is 5.11 Å². The fraction of sp³-hybridized carbons (Fsp3) is 0.500. The van der Waals surface area contributed by atoms with E-state index in [4.69, 9.17) is 16.7 Å². The number of halogens is 1. The highest BCUT2D eigenvalue weighted by atomic mass is 35.5. The summed E-state index contributed by atoms with van der Waals surface area (Å²) in [5.41, 5.74) is 0.712. The highest BCUT2D eigenvalue weighted by Gasteiger charge is 2.20. The Morgan fingerprint density at radius 3 is 2.44 bits per heavy atom. The van der Waals surface area contributed by atoms with Crippen molar-refractivity contribution < 1.29 is 9.90 Å². The van der Waals surface area contributed by atoms with Gasteiger partial charge in [-0.05, 0) is 56.1 Å². The molecule has 1 heterocycles. The van der Waals surface area contributed by atoms with Crippen molar-refractivity contribution in [1.82, 2.24) is 4.90 Å². The van der Waals surface area contributed by atoms with Gasteiger partial charge >= 0.3 is 0 Å². The number of hydrogen-bond acceptors (Lipinski definition) is 3. The number of aliphatic hydroxyl groups is 1. The molecule has 0 bridgehead atoms. The first-order chi connectivity index (χ1) is 8.69. The molecule has 1 N–H and O–H groups in total. The Bertz CT molecular complexity index is 397. The zero-order valence-electron chi connectivity index (χ0n) is 10.3. The van der Waals surface area contributed by atoms with Crippen LogP contribution < -0.4 is 0 Å². The van der Waals surface area contributed by atoms with Crippen molar-refractivity contribution in [3.05, 3.63) is 34.9 Å². The van der Waals surface area contributed by atoms with Crippen LogP contribution in [0.15, 0.2) is 24.3 Å². The summed E-state index contributed by atoms with van der Waals surface area (Å²) >= 11 is 5.79. The van der Waals surface area contributed by atoms with Crippen molar-refractivity contribution >= 4 is 17.4 Å². The van der Waals surface area contributed by atoms with Crippen molar-refractivity contribution in [3.63, 3.8) is 0 Å². The van der Waals surface area contributed by atoms with Crippen LogP contribution in [0.5, 0.6) is 0 Å². The monoisotopic (exact) mass is 267 g/mol. The summed E-state index contributed by atoms with van der Waals surface area (Å²) in [4.78, 5) is 14.2. The molecule has 0 spiro atoms. The number of hydrogen-bond donors (Lipinski definition) is 1. The van der Waals surface area contributed by atoms with Gasteiger partial charge in [0, 0.05) is 17.2 Å². The van der Waals surface area contributed by atoms with Gasteiger partial charge in [0.2, 0.25) is 0 Å². The molecule has 0 radical (unpaired) electrons. The van der Waals surface area contributed by atoms with E-state index >= 15 is 0 Å². The van der Waals surface area contributed by atoms with Crippen molar-refractivity contribution in [2.45, 2.75) is 12.8 Å². The Kier molecular flexibility index (Phi) is 4.75. The van der Waals surface area contributed by atoms with Crippen molar-refractivity contribution in [2.75, 3.05) is 26.2 Å². The molecule has 1 aliphatic heterocycles. The lowest BCUT2D eigenvalue weighted by Gasteiger charge is -2.30. The molecule has 1 aromatic rings. The third kappa shape index (κ3) is 3.55. The Morgan fingerprint density at radius 1 is 1.28 bits per heavy atom. The van der Waals surface area contributed by atoms with Crippen molar-refractivity contribution in [2.24, 2.45) is 5.92 Å². The summed E-state index contributed by atoms with van der Waals surface area (Å²) in [5, 5.41) is 9.71. The van der Waals surface area contributed by atoms with E-state index in [0.29, 0.717) is 23.0 Å². The molecule has 2 rings (SSSR count). The lowest BCUT2D eigenvalue weighted by atomic mass is 9.97. The summed E-state index contributed by atoms with van der Waals surface area (Å²) < 4.78 is 0. The van der Waals surface area contributed by atoms with Crippen LogP contribution in [0, 0.1) is 5.92 Å². The van der Waals surface area contributed by atoms with Crippen LogP contribution in [0.25, 0.3) is 0 Å². The number of Topliss-reactive ketones (excluding diaryl/α,β-unsaturated/α-hetero) is 1. The van der Waals surface area contributed by atoms with Gasteiger partial charge in [0.05, 0.1) is 6.54 Å². The topological polar surface area (TPSA) is 40.5 Å². The van der Waals surface area contributed by atoms with E-state index in [1.54, 1.807) is 24.3 Å². The van der Waals surface area contributed by atoms with Crippen LogP contribution in [0.1, 0.15) is 23.2 Å². The molecule has 0 aliphatic carbocycles. The van der Waals surface area contributed by atoms with Gasteiger partial charge in [-0.1, -0.05) is 11.6 Å². The molecular formula is C14H18ClNO2. The van der Waals surface area contributed by atoms with Crippen LogP contribution >= 0.6 is 11.6 Å². The number of carbonyl (C=O) groups excluding carboxylic acids is 1. The fourth-order valence-electron chi connectivity index (χ4n) is 2.26. The lowest BCUT2D eigenvalue weighted by Crippen LogP contribution is -2.38. The Hall–Kier alpha value is -0.900. The van der Waals surface area contributed by atoms with Gasteiger partial charge in [-0.15, -0.1) is 0 Å². The Labute approximate surface area is 112 Å². The van der Waals surface area contributed by atoms with E-state index in [1.807, 2.05) is 0 Å². The maximum absolute atomic E-state index is 12.0. The molecule has 3 nitrogen and oxygen atoms in total. The van der Waals surface area contributed by atoms with Gasteiger partial charge in [-0.3, -0.25) is 9.69 Å². The second-order valence-electron chi connectivity index (χ2n) is 4.83. The van der Waals surface area contributed by atoms with Crippen LogP contribution in [0.3, 0.4) is 0 Å². The fourth-order valence-corrected chi connectivity index (χ4v) is 2.38. The van der Waals surface area contributed by atoms with E-state index in [-0.39, 0.29) is 12.4 Å². The SMILES string of the molecule is O=C(CN1CCC(CO)CC1)c1ccc(Cl)cc1. The largest absolute Gasteiger partial charge is 0.396 e. The molecule has 1 fully saturated rings. The molecule has 0 amide bonds. The zero-order chi connectivity index (χ0) is 13.0. The number of piperidine rings is 1. The van der Waals surface area contributed by atoms with E-state index < -0.39 is 0 Å². The summed E-state index contributed by atoms with van der Waals surface area (Å²) in [6.07, 6.45) is 1.95. The number of rotatable bonds is 4. The number of likely N-dealkylation sites (tertiary alicyclic amines) is 1.